The zero-order chi connectivity index (χ0) is 11.3. The van der Waals surface area contributed by atoms with Gasteiger partial charge in [-0.2, -0.15) is 0 Å². The molecule has 0 radical (unpaired) electrons. The van der Waals surface area contributed by atoms with Crippen molar-refractivity contribution in [3.63, 3.8) is 0 Å². The number of hydrogen-bond acceptors (Lipinski definition) is 2. The van der Waals surface area contributed by atoms with Gasteiger partial charge in [0, 0.05) is 6.42 Å². The van der Waals surface area contributed by atoms with Gasteiger partial charge in [0.2, 0.25) is 0 Å². The number of ketones is 1. The average molecular weight is 268 g/mol. The number of para-hydroxylation sites is 1. The fraction of sp³-hybridized carbons (Fsp3) is 0.300. The Morgan fingerprint density at radius 3 is 2.40 bits per heavy atom. The van der Waals surface area contributed by atoms with Gasteiger partial charge in [-0.1, -0.05) is 29.3 Å². The Balaban J connectivity index is 2.54. The lowest BCUT2D eigenvalue weighted by molar-refractivity contribution is -0.117. The van der Waals surface area contributed by atoms with Gasteiger partial charge in [-0.25, -0.2) is 0 Å². The van der Waals surface area contributed by atoms with Gasteiger partial charge in [0.1, 0.15) is 0 Å². The van der Waals surface area contributed by atoms with Crippen LogP contribution < -0.4 is 4.74 Å². The molecular weight excluding hydrogens is 258 g/mol. The van der Waals surface area contributed by atoms with Crippen LogP contribution >= 0.6 is 34.8 Å². The normalized spacial score (nSPS) is 10.1. The first-order valence-corrected chi connectivity index (χ1v) is 5.58. The lowest BCUT2D eigenvalue weighted by Crippen LogP contribution is -2.07. The van der Waals surface area contributed by atoms with E-state index in [4.69, 9.17) is 39.5 Å². The standard InChI is InChI=1S/C10H9Cl3O2/c11-6-7(14)4-5-15-10-8(12)2-1-3-9(10)13/h1-3H,4-6H2. The van der Waals surface area contributed by atoms with Crippen molar-refractivity contribution in [2.75, 3.05) is 12.5 Å². The van der Waals surface area contributed by atoms with E-state index in [1.165, 1.54) is 0 Å². The van der Waals surface area contributed by atoms with Gasteiger partial charge in [-0.15, -0.1) is 11.6 Å². The molecule has 0 fully saturated rings. The molecule has 0 aliphatic carbocycles. The number of carbonyl (C=O) groups is 1. The molecule has 0 saturated carbocycles. The first-order valence-electron chi connectivity index (χ1n) is 4.29. The van der Waals surface area contributed by atoms with Crippen molar-refractivity contribution < 1.29 is 9.53 Å². The first-order chi connectivity index (χ1) is 7.15. The quantitative estimate of drug-likeness (QED) is 0.762. The van der Waals surface area contributed by atoms with Crippen LogP contribution in [0.2, 0.25) is 10.0 Å². The van der Waals surface area contributed by atoms with E-state index in [-0.39, 0.29) is 24.7 Å². The van der Waals surface area contributed by atoms with Crippen LogP contribution in [0.4, 0.5) is 0 Å². The lowest BCUT2D eigenvalue weighted by Gasteiger charge is -2.08. The fourth-order valence-electron chi connectivity index (χ4n) is 0.954. The molecule has 0 unspecified atom stereocenters. The molecule has 0 atom stereocenters. The smallest absolute Gasteiger partial charge is 0.156 e. The number of Topliss-reactive ketones (excluding diaryl/α,β-unsaturated/α-hetero) is 1. The van der Waals surface area contributed by atoms with Crippen molar-refractivity contribution in [2.24, 2.45) is 0 Å². The summed E-state index contributed by atoms with van der Waals surface area (Å²) < 4.78 is 5.30. The maximum absolute atomic E-state index is 10.9. The fourth-order valence-corrected chi connectivity index (χ4v) is 1.59. The Morgan fingerprint density at radius 2 is 1.87 bits per heavy atom. The second kappa shape index (κ2) is 6.21. The van der Waals surface area contributed by atoms with E-state index < -0.39 is 0 Å². The largest absolute Gasteiger partial charge is 0.490 e. The second-order valence-electron chi connectivity index (χ2n) is 2.82. The molecule has 2 nitrogen and oxygen atoms in total. The zero-order valence-electron chi connectivity index (χ0n) is 7.80. The highest BCUT2D eigenvalue weighted by atomic mass is 35.5. The molecular formula is C10H9Cl3O2. The number of benzene rings is 1. The predicted molar refractivity (Wildman–Crippen MR) is 62.3 cm³/mol. The number of rotatable bonds is 5. The zero-order valence-corrected chi connectivity index (χ0v) is 10.1. The summed E-state index contributed by atoms with van der Waals surface area (Å²) in [6.45, 7) is 0.231. The summed E-state index contributed by atoms with van der Waals surface area (Å²) in [5, 5.41) is 0.863. The van der Waals surface area contributed by atoms with Crippen molar-refractivity contribution in [3.8, 4) is 5.75 Å². The molecule has 0 aliphatic rings. The van der Waals surface area contributed by atoms with Gasteiger partial charge in [0.25, 0.3) is 0 Å². The maximum atomic E-state index is 10.9. The van der Waals surface area contributed by atoms with Crippen LogP contribution in [0.15, 0.2) is 18.2 Å². The molecule has 82 valence electrons. The Labute approximate surface area is 103 Å². The SMILES string of the molecule is O=C(CCl)CCOc1c(Cl)cccc1Cl. The minimum absolute atomic E-state index is 0.000383. The van der Waals surface area contributed by atoms with E-state index in [1.54, 1.807) is 18.2 Å². The van der Waals surface area contributed by atoms with E-state index >= 15 is 0 Å². The molecule has 0 bridgehead atoms. The minimum atomic E-state index is -0.0696. The van der Waals surface area contributed by atoms with E-state index in [0.29, 0.717) is 15.8 Å². The lowest BCUT2D eigenvalue weighted by atomic mass is 10.3. The van der Waals surface area contributed by atoms with Gasteiger partial charge in [0.15, 0.2) is 11.5 Å². The summed E-state index contributed by atoms with van der Waals surface area (Å²) >= 11 is 17.1. The summed E-state index contributed by atoms with van der Waals surface area (Å²) in [6.07, 6.45) is 0.255. The number of ether oxygens (including phenoxy) is 1. The van der Waals surface area contributed by atoms with Gasteiger partial charge in [-0.3, -0.25) is 4.79 Å². The van der Waals surface area contributed by atoms with Gasteiger partial charge < -0.3 is 4.74 Å². The number of carbonyl (C=O) groups excluding carboxylic acids is 1. The van der Waals surface area contributed by atoms with E-state index in [1.807, 2.05) is 0 Å². The number of alkyl halides is 1. The first kappa shape index (κ1) is 12.6. The van der Waals surface area contributed by atoms with E-state index in [2.05, 4.69) is 0 Å². The van der Waals surface area contributed by atoms with Crippen LogP contribution in [0.1, 0.15) is 6.42 Å². The average Bonchev–Trinajstić information content (AvgIpc) is 2.22. The molecule has 0 heterocycles. The summed E-state index contributed by atoms with van der Waals surface area (Å²) in [5.41, 5.74) is 0. The van der Waals surface area contributed by atoms with Crippen LogP contribution in [-0.2, 0) is 4.79 Å². The van der Waals surface area contributed by atoms with Crippen LogP contribution in [-0.4, -0.2) is 18.3 Å². The van der Waals surface area contributed by atoms with Crippen molar-refractivity contribution in [1.29, 1.82) is 0 Å². The third-order valence-corrected chi connectivity index (χ3v) is 2.59. The van der Waals surface area contributed by atoms with Crippen molar-refractivity contribution in [3.05, 3.63) is 28.2 Å². The summed E-state index contributed by atoms with van der Waals surface area (Å²) in [7, 11) is 0. The molecule has 0 saturated heterocycles. The molecule has 0 aliphatic heterocycles. The molecule has 0 amide bonds. The third kappa shape index (κ3) is 3.90. The highest BCUT2D eigenvalue weighted by Crippen LogP contribution is 2.32. The summed E-state index contributed by atoms with van der Waals surface area (Å²) in [4.78, 5) is 10.9. The van der Waals surface area contributed by atoms with Crippen molar-refractivity contribution >= 4 is 40.6 Å². The highest BCUT2D eigenvalue weighted by molar-refractivity contribution is 6.37. The monoisotopic (exact) mass is 266 g/mol. The van der Waals surface area contributed by atoms with Crippen LogP contribution in [0.5, 0.6) is 5.75 Å². The number of hydrogen-bond donors (Lipinski definition) is 0. The van der Waals surface area contributed by atoms with Crippen LogP contribution in [0.25, 0.3) is 0 Å². The Hall–Kier alpha value is -0.440. The molecule has 1 aromatic rings. The molecule has 0 N–H and O–H groups in total. The van der Waals surface area contributed by atoms with Gasteiger partial charge in [-0.05, 0) is 12.1 Å². The topological polar surface area (TPSA) is 26.3 Å². The minimum Gasteiger partial charge on any atom is -0.490 e. The van der Waals surface area contributed by atoms with Gasteiger partial charge in [0.05, 0.1) is 22.5 Å². The van der Waals surface area contributed by atoms with E-state index in [0.717, 1.165) is 0 Å². The summed E-state index contributed by atoms with van der Waals surface area (Å²) in [5.74, 6) is 0.336. The molecule has 15 heavy (non-hydrogen) atoms. The van der Waals surface area contributed by atoms with E-state index in [9.17, 15) is 4.79 Å². The van der Waals surface area contributed by atoms with Gasteiger partial charge >= 0.3 is 0 Å². The molecule has 5 heteroatoms. The van der Waals surface area contributed by atoms with Crippen LogP contribution in [0.3, 0.4) is 0 Å². The molecule has 0 aromatic heterocycles. The maximum Gasteiger partial charge on any atom is 0.156 e. The second-order valence-corrected chi connectivity index (χ2v) is 3.90. The van der Waals surface area contributed by atoms with Crippen molar-refractivity contribution in [1.82, 2.24) is 0 Å². The molecule has 1 aromatic carbocycles. The predicted octanol–water partition coefficient (Wildman–Crippen LogP) is 3.57. The van der Waals surface area contributed by atoms with Crippen molar-refractivity contribution in [2.45, 2.75) is 6.42 Å². The molecule has 1 rings (SSSR count). The third-order valence-electron chi connectivity index (χ3n) is 1.70. The molecule has 0 spiro atoms. The highest BCUT2D eigenvalue weighted by Gasteiger charge is 2.07. The Bertz CT molecular complexity index is 332. The van der Waals surface area contributed by atoms with Crippen LogP contribution in [0, 0.1) is 0 Å². The number of halogens is 3. The Kier molecular flexibility index (Phi) is 5.23. The Morgan fingerprint density at radius 1 is 1.27 bits per heavy atom. The summed E-state index contributed by atoms with van der Waals surface area (Å²) in [6, 6.07) is 5.07.